The van der Waals surface area contributed by atoms with Crippen molar-refractivity contribution in [3.05, 3.63) is 39.0 Å². The van der Waals surface area contributed by atoms with Crippen molar-refractivity contribution in [2.75, 3.05) is 6.61 Å². The van der Waals surface area contributed by atoms with Crippen molar-refractivity contribution >= 4 is 40.7 Å². The van der Waals surface area contributed by atoms with E-state index < -0.39 is 0 Å². The van der Waals surface area contributed by atoms with Crippen LogP contribution in [0.25, 0.3) is 10.9 Å². The number of hydrogen-bond donors (Lipinski definition) is 1. The lowest BCUT2D eigenvalue weighted by Gasteiger charge is -2.11. The number of esters is 1. The second-order valence-electron chi connectivity index (χ2n) is 4.07. The first-order valence-corrected chi connectivity index (χ1v) is 6.88. The highest BCUT2D eigenvalue weighted by Gasteiger charge is 2.17. The zero-order valence-electron chi connectivity index (χ0n) is 10.7. The summed E-state index contributed by atoms with van der Waals surface area (Å²) in [5.74, 6) is -0.355. The van der Waals surface area contributed by atoms with Gasteiger partial charge in [0.15, 0.2) is 0 Å². The fourth-order valence-corrected chi connectivity index (χ4v) is 2.61. The monoisotopic (exact) mass is 295 g/mol. The zero-order chi connectivity index (χ0) is 14.0. The smallest absolute Gasteiger partial charge is 0.339 e. The van der Waals surface area contributed by atoms with E-state index in [0.29, 0.717) is 28.3 Å². The first kappa shape index (κ1) is 14.0. The molecule has 0 aliphatic heterocycles. The highest BCUT2D eigenvalue weighted by atomic mass is 35.5. The average molecular weight is 296 g/mol. The van der Waals surface area contributed by atoms with Crippen LogP contribution in [0.15, 0.2) is 18.2 Å². The van der Waals surface area contributed by atoms with Crippen LogP contribution < -0.4 is 0 Å². The van der Waals surface area contributed by atoms with Crippen molar-refractivity contribution in [1.82, 2.24) is 4.98 Å². The number of benzene rings is 1. The van der Waals surface area contributed by atoms with E-state index >= 15 is 0 Å². The molecule has 1 N–H and O–H groups in total. The molecule has 0 radical (unpaired) electrons. The molecule has 0 bridgehead atoms. The summed E-state index contributed by atoms with van der Waals surface area (Å²) in [6, 6.07) is 5.33. The van der Waals surface area contributed by atoms with Gasteiger partial charge in [0.2, 0.25) is 0 Å². The summed E-state index contributed by atoms with van der Waals surface area (Å²) < 4.78 is 5.70. The standard InChI is InChI=1S/C14H14ClNO2S/c1-3-9-12(14(17)18-4-2)10-7-8(15)5-6-11(10)16-13(9)19/h5-7H,3-4H2,1-2H3,(H,16,19). The zero-order valence-corrected chi connectivity index (χ0v) is 12.3. The van der Waals surface area contributed by atoms with E-state index in [-0.39, 0.29) is 5.97 Å². The topological polar surface area (TPSA) is 42.1 Å². The maximum atomic E-state index is 12.2. The predicted octanol–water partition coefficient (Wildman–Crippen LogP) is 4.29. The van der Waals surface area contributed by atoms with Crippen LogP contribution in [0, 0.1) is 4.64 Å². The van der Waals surface area contributed by atoms with Crippen molar-refractivity contribution in [3.8, 4) is 0 Å². The van der Waals surface area contributed by atoms with Crippen LogP contribution in [0.4, 0.5) is 0 Å². The van der Waals surface area contributed by atoms with E-state index in [1.165, 1.54) is 0 Å². The first-order chi connectivity index (χ1) is 9.08. The lowest BCUT2D eigenvalue weighted by molar-refractivity contribution is 0.0527. The molecule has 2 rings (SSSR count). The van der Waals surface area contributed by atoms with Gasteiger partial charge >= 0.3 is 5.97 Å². The fraction of sp³-hybridized carbons (Fsp3) is 0.286. The van der Waals surface area contributed by atoms with Crippen LogP contribution >= 0.6 is 23.8 Å². The number of halogens is 1. The normalized spacial score (nSPS) is 10.7. The summed E-state index contributed by atoms with van der Waals surface area (Å²) in [5.41, 5.74) is 2.10. The van der Waals surface area contributed by atoms with Crippen LogP contribution in [0.3, 0.4) is 0 Å². The average Bonchev–Trinajstić information content (AvgIpc) is 2.38. The molecule has 3 nitrogen and oxygen atoms in total. The number of aromatic amines is 1. The van der Waals surface area contributed by atoms with Crippen LogP contribution in [0.1, 0.15) is 29.8 Å². The van der Waals surface area contributed by atoms with E-state index in [1.54, 1.807) is 19.1 Å². The quantitative estimate of drug-likeness (QED) is 0.678. The molecular formula is C14H14ClNO2S. The molecule has 0 aliphatic rings. The van der Waals surface area contributed by atoms with Gasteiger partial charge in [0.25, 0.3) is 0 Å². The minimum Gasteiger partial charge on any atom is -0.462 e. The van der Waals surface area contributed by atoms with E-state index in [2.05, 4.69) is 4.98 Å². The number of hydrogen-bond acceptors (Lipinski definition) is 3. The summed E-state index contributed by atoms with van der Waals surface area (Å²) in [6.45, 7) is 4.07. The molecule has 0 amide bonds. The van der Waals surface area contributed by atoms with Gasteiger partial charge in [0, 0.05) is 21.5 Å². The number of ether oxygens (including phenoxy) is 1. The summed E-state index contributed by atoms with van der Waals surface area (Å²) in [5, 5.41) is 1.32. The molecular weight excluding hydrogens is 282 g/mol. The lowest BCUT2D eigenvalue weighted by atomic mass is 10.0. The Morgan fingerprint density at radius 2 is 2.16 bits per heavy atom. The van der Waals surface area contributed by atoms with Gasteiger partial charge in [0.1, 0.15) is 4.64 Å². The number of fused-ring (bicyclic) bond motifs is 1. The highest BCUT2D eigenvalue weighted by molar-refractivity contribution is 7.71. The van der Waals surface area contributed by atoms with E-state index in [9.17, 15) is 4.79 Å². The number of carbonyl (C=O) groups is 1. The molecule has 100 valence electrons. The molecule has 0 saturated heterocycles. The fourth-order valence-electron chi connectivity index (χ4n) is 2.08. The van der Waals surface area contributed by atoms with Gasteiger partial charge in [-0.2, -0.15) is 0 Å². The molecule has 0 fully saturated rings. The first-order valence-electron chi connectivity index (χ1n) is 6.10. The summed E-state index contributed by atoms with van der Waals surface area (Å²) in [6.07, 6.45) is 0.659. The number of aromatic nitrogens is 1. The Hall–Kier alpha value is -1.39. The Morgan fingerprint density at radius 1 is 1.42 bits per heavy atom. The molecule has 1 heterocycles. The number of pyridine rings is 1. The number of rotatable bonds is 3. The van der Waals surface area contributed by atoms with Crippen molar-refractivity contribution in [2.24, 2.45) is 0 Å². The van der Waals surface area contributed by atoms with Gasteiger partial charge in [-0.3, -0.25) is 0 Å². The largest absolute Gasteiger partial charge is 0.462 e. The van der Waals surface area contributed by atoms with Gasteiger partial charge < -0.3 is 9.72 Å². The predicted molar refractivity (Wildman–Crippen MR) is 79.5 cm³/mol. The molecule has 2 aromatic rings. The van der Waals surface area contributed by atoms with Gasteiger partial charge in [-0.1, -0.05) is 30.7 Å². The van der Waals surface area contributed by atoms with E-state index in [4.69, 9.17) is 28.6 Å². The van der Waals surface area contributed by atoms with Crippen molar-refractivity contribution in [3.63, 3.8) is 0 Å². The maximum absolute atomic E-state index is 12.2. The van der Waals surface area contributed by atoms with E-state index in [0.717, 1.165) is 16.5 Å². The van der Waals surface area contributed by atoms with Crippen LogP contribution in [-0.2, 0) is 11.2 Å². The molecule has 0 saturated carbocycles. The highest BCUT2D eigenvalue weighted by Crippen LogP contribution is 2.26. The third-order valence-corrected chi connectivity index (χ3v) is 3.49. The Balaban J connectivity index is 2.84. The lowest BCUT2D eigenvalue weighted by Crippen LogP contribution is -2.10. The minimum atomic E-state index is -0.355. The van der Waals surface area contributed by atoms with Crippen molar-refractivity contribution < 1.29 is 9.53 Å². The number of nitrogens with one attached hydrogen (secondary N) is 1. The molecule has 1 aromatic heterocycles. The molecule has 0 atom stereocenters. The van der Waals surface area contributed by atoms with Gasteiger partial charge in [-0.15, -0.1) is 0 Å². The molecule has 0 unspecified atom stereocenters. The van der Waals surface area contributed by atoms with Crippen LogP contribution in [-0.4, -0.2) is 17.6 Å². The Labute approximate surface area is 121 Å². The summed E-state index contributed by atoms with van der Waals surface area (Å²) in [4.78, 5) is 15.3. The Kier molecular flexibility index (Phi) is 4.22. The van der Waals surface area contributed by atoms with Gasteiger partial charge in [-0.25, -0.2) is 4.79 Å². The second-order valence-corrected chi connectivity index (χ2v) is 4.92. The molecule has 5 heteroatoms. The molecule has 1 aromatic carbocycles. The summed E-state index contributed by atoms with van der Waals surface area (Å²) >= 11 is 11.3. The number of carbonyl (C=O) groups excluding carboxylic acids is 1. The molecule has 0 spiro atoms. The molecule has 19 heavy (non-hydrogen) atoms. The van der Waals surface area contributed by atoms with Crippen LogP contribution in [0.2, 0.25) is 5.02 Å². The van der Waals surface area contributed by atoms with Gasteiger partial charge in [0.05, 0.1) is 12.2 Å². The van der Waals surface area contributed by atoms with Crippen molar-refractivity contribution in [2.45, 2.75) is 20.3 Å². The van der Waals surface area contributed by atoms with Crippen molar-refractivity contribution in [1.29, 1.82) is 0 Å². The van der Waals surface area contributed by atoms with Gasteiger partial charge in [-0.05, 0) is 31.5 Å². The van der Waals surface area contributed by atoms with Crippen LogP contribution in [0.5, 0.6) is 0 Å². The second kappa shape index (κ2) is 5.72. The number of H-pyrrole nitrogens is 1. The third-order valence-electron chi connectivity index (χ3n) is 2.91. The van der Waals surface area contributed by atoms with E-state index in [1.807, 2.05) is 13.0 Å². The Morgan fingerprint density at radius 3 is 2.79 bits per heavy atom. The Bertz CT molecular complexity index is 694. The minimum absolute atomic E-state index is 0.329. The maximum Gasteiger partial charge on any atom is 0.339 e. The SMILES string of the molecule is CCOC(=O)c1c(CC)c(=S)[nH]c2ccc(Cl)cc12. The third kappa shape index (κ3) is 2.65. The molecule has 0 aliphatic carbocycles. The summed E-state index contributed by atoms with van der Waals surface area (Å²) in [7, 11) is 0.